The fraction of sp³-hybridized carbons (Fsp3) is 0.421. The van der Waals surface area contributed by atoms with Gasteiger partial charge in [-0.05, 0) is 42.7 Å². The highest BCUT2D eigenvalue weighted by atomic mass is 32.2. The minimum atomic E-state index is -0.539. The highest BCUT2D eigenvalue weighted by Gasteiger charge is 2.29. The first-order valence-corrected chi connectivity index (χ1v) is 10.4. The van der Waals surface area contributed by atoms with E-state index >= 15 is 0 Å². The van der Waals surface area contributed by atoms with E-state index in [0.29, 0.717) is 19.5 Å². The zero-order chi connectivity index (χ0) is 19.1. The third-order valence-corrected chi connectivity index (χ3v) is 5.22. The van der Waals surface area contributed by atoms with E-state index in [1.165, 1.54) is 6.26 Å². The zero-order valence-electron chi connectivity index (χ0n) is 15.3. The normalized spacial score (nSPS) is 15.4. The van der Waals surface area contributed by atoms with Crippen LogP contribution in [0.1, 0.15) is 17.0 Å². The van der Waals surface area contributed by atoms with Crippen molar-refractivity contribution in [3.63, 3.8) is 0 Å². The lowest BCUT2D eigenvalue weighted by molar-refractivity contribution is -0.133. The first-order chi connectivity index (χ1) is 13.2. The van der Waals surface area contributed by atoms with Gasteiger partial charge in [0.25, 0.3) is 5.91 Å². The molecule has 2 aromatic heterocycles. The number of pyridine rings is 1. The minimum Gasteiger partial charge on any atom is -0.459 e. The van der Waals surface area contributed by atoms with Crippen LogP contribution in [-0.4, -0.2) is 65.9 Å². The predicted octanol–water partition coefficient (Wildman–Crippen LogP) is 1.87. The lowest BCUT2D eigenvalue weighted by Gasteiger charge is -2.37. The predicted molar refractivity (Wildman–Crippen MR) is 106 cm³/mol. The average Bonchev–Trinajstić information content (AvgIpc) is 3.26. The number of nitrogens with one attached hydrogen (secondary N) is 1. The Balaban J connectivity index is 1.59. The maximum atomic E-state index is 13.0. The minimum absolute atomic E-state index is 0.0293. The molecule has 7 nitrogen and oxygen atoms in total. The quantitative estimate of drug-likeness (QED) is 0.780. The third kappa shape index (κ3) is 5.03. The van der Waals surface area contributed by atoms with E-state index in [2.05, 4.69) is 15.2 Å². The fourth-order valence-electron chi connectivity index (χ4n) is 3.09. The van der Waals surface area contributed by atoms with Crippen LogP contribution in [0.2, 0.25) is 0 Å². The smallest absolute Gasteiger partial charge is 0.287 e. The number of amides is 2. The van der Waals surface area contributed by atoms with Crippen LogP contribution in [0, 0.1) is 0 Å². The molecule has 27 heavy (non-hydrogen) atoms. The molecule has 2 amide bonds. The molecule has 0 aliphatic carbocycles. The molecule has 144 valence electrons. The molecule has 1 unspecified atom stereocenters. The van der Waals surface area contributed by atoms with E-state index in [1.807, 2.05) is 23.3 Å². The van der Waals surface area contributed by atoms with Gasteiger partial charge in [0.05, 0.1) is 6.26 Å². The summed E-state index contributed by atoms with van der Waals surface area (Å²) in [7, 11) is 0. The lowest BCUT2D eigenvalue weighted by Crippen LogP contribution is -2.55. The van der Waals surface area contributed by atoms with Crippen molar-refractivity contribution in [2.45, 2.75) is 12.5 Å². The number of hydrogen-bond acceptors (Lipinski definition) is 6. The Kier molecular flexibility index (Phi) is 6.75. The second-order valence-corrected chi connectivity index (χ2v) is 7.29. The molecule has 1 aliphatic rings. The summed E-state index contributed by atoms with van der Waals surface area (Å²) in [5.41, 5.74) is 1.11. The summed E-state index contributed by atoms with van der Waals surface area (Å²) in [6, 6.07) is 6.66. The maximum absolute atomic E-state index is 13.0. The van der Waals surface area contributed by atoms with Crippen LogP contribution >= 0.6 is 11.8 Å². The molecule has 0 radical (unpaired) electrons. The van der Waals surface area contributed by atoms with Gasteiger partial charge in [-0.1, -0.05) is 0 Å². The van der Waals surface area contributed by atoms with Crippen molar-refractivity contribution in [3.8, 4) is 0 Å². The number of aromatic nitrogens is 1. The Bertz CT molecular complexity index is 731. The van der Waals surface area contributed by atoms with E-state index in [9.17, 15) is 9.59 Å². The standard InChI is InChI=1S/C19H24N4O3S/c1-27-14-6-16(21-18(24)17-3-2-13-26-17)19(25)23-11-9-22(10-12-23)15-4-7-20-8-5-15/h2-5,7-8,13,16H,6,9-12,14H2,1H3,(H,21,24). The summed E-state index contributed by atoms with van der Waals surface area (Å²) < 4.78 is 5.13. The number of hydrogen-bond donors (Lipinski definition) is 1. The molecule has 0 aromatic carbocycles. The Morgan fingerprint density at radius 3 is 2.59 bits per heavy atom. The van der Waals surface area contributed by atoms with E-state index in [1.54, 1.807) is 36.3 Å². The Morgan fingerprint density at radius 2 is 1.96 bits per heavy atom. The van der Waals surface area contributed by atoms with Crippen molar-refractivity contribution in [2.24, 2.45) is 0 Å². The molecular weight excluding hydrogens is 364 g/mol. The molecule has 1 aliphatic heterocycles. The number of carbonyl (C=O) groups excluding carboxylic acids is 2. The van der Waals surface area contributed by atoms with Crippen LogP contribution < -0.4 is 10.2 Å². The molecule has 1 atom stereocenters. The third-order valence-electron chi connectivity index (χ3n) is 4.58. The van der Waals surface area contributed by atoms with Gasteiger partial charge < -0.3 is 19.5 Å². The van der Waals surface area contributed by atoms with Crippen molar-refractivity contribution in [1.82, 2.24) is 15.2 Å². The van der Waals surface area contributed by atoms with Gasteiger partial charge in [0.1, 0.15) is 6.04 Å². The van der Waals surface area contributed by atoms with Gasteiger partial charge in [-0.15, -0.1) is 0 Å². The van der Waals surface area contributed by atoms with E-state index in [4.69, 9.17) is 4.42 Å². The van der Waals surface area contributed by atoms with Gasteiger partial charge in [0, 0.05) is 44.3 Å². The summed E-state index contributed by atoms with van der Waals surface area (Å²) >= 11 is 1.66. The van der Waals surface area contributed by atoms with Crippen LogP contribution in [0.15, 0.2) is 47.3 Å². The number of piperazine rings is 1. The molecular formula is C19H24N4O3S. The molecule has 1 saturated heterocycles. The maximum Gasteiger partial charge on any atom is 0.287 e. The molecule has 0 spiro atoms. The number of nitrogens with zero attached hydrogens (tertiary/aromatic N) is 3. The van der Waals surface area contributed by atoms with Crippen molar-refractivity contribution < 1.29 is 14.0 Å². The molecule has 2 aromatic rings. The molecule has 1 fully saturated rings. The lowest BCUT2D eigenvalue weighted by atomic mass is 10.1. The fourth-order valence-corrected chi connectivity index (χ4v) is 3.56. The van der Waals surface area contributed by atoms with Gasteiger partial charge in [0.15, 0.2) is 5.76 Å². The van der Waals surface area contributed by atoms with E-state index in [-0.39, 0.29) is 17.6 Å². The summed E-state index contributed by atoms with van der Waals surface area (Å²) in [6.07, 6.45) is 7.58. The van der Waals surface area contributed by atoms with Gasteiger partial charge in [0.2, 0.25) is 5.91 Å². The van der Waals surface area contributed by atoms with E-state index < -0.39 is 6.04 Å². The summed E-state index contributed by atoms with van der Waals surface area (Å²) in [5, 5.41) is 2.84. The van der Waals surface area contributed by atoms with Gasteiger partial charge >= 0.3 is 0 Å². The largest absolute Gasteiger partial charge is 0.459 e. The number of carbonyl (C=O) groups is 2. The number of thioether (sulfide) groups is 1. The van der Waals surface area contributed by atoms with Crippen LogP contribution in [-0.2, 0) is 4.79 Å². The molecule has 3 heterocycles. The summed E-state index contributed by atoms with van der Waals surface area (Å²) in [4.78, 5) is 33.4. The Morgan fingerprint density at radius 1 is 1.22 bits per heavy atom. The van der Waals surface area contributed by atoms with E-state index in [0.717, 1.165) is 24.5 Å². The zero-order valence-corrected chi connectivity index (χ0v) is 16.2. The van der Waals surface area contributed by atoms with Gasteiger partial charge in [-0.25, -0.2) is 0 Å². The topological polar surface area (TPSA) is 78.7 Å². The highest BCUT2D eigenvalue weighted by Crippen LogP contribution is 2.16. The molecule has 0 bridgehead atoms. The second kappa shape index (κ2) is 9.45. The first kappa shape index (κ1) is 19.3. The number of anilines is 1. The highest BCUT2D eigenvalue weighted by molar-refractivity contribution is 7.98. The molecule has 0 saturated carbocycles. The molecule has 3 rings (SSSR count). The second-order valence-electron chi connectivity index (χ2n) is 6.30. The van der Waals surface area contributed by atoms with Crippen molar-refractivity contribution in [3.05, 3.63) is 48.7 Å². The van der Waals surface area contributed by atoms with Crippen LogP contribution in [0.4, 0.5) is 5.69 Å². The monoisotopic (exact) mass is 388 g/mol. The number of furan rings is 1. The van der Waals surface area contributed by atoms with Gasteiger partial charge in [-0.2, -0.15) is 11.8 Å². The number of rotatable bonds is 7. The van der Waals surface area contributed by atoms with Crippen molar-refractivity contribution >= 4 is 29.3 Å². The van der Waals surface area contributed by atoms with Crippen molar-refractivity contribution in [1.29, 1.82) is 0 Å². The summed E-state index contributed by atoms with van der Waals surface area (Å²) in [5.74, 6) is 0.638. The Labute approximate surface area is 163 Å². The average molecular weight is 388 g/mol. The summed E-state index contributed by atoms with van der Waals surface area (Å²) in [6.45, 7) is 2.79. The first-order valence-electron chi connectivity index (χ1n) is 8.96. The van der Waals surface area contributed by atoms with Crippen LogP contribution in [0.5, 0.6) is 0 Å². The van der Waals surface area contributed by atoms with Crippen LogP contribution in [0.25, 0.3) is 0 Å². The van der Waals surface area contributed by atoms with Crippen LogP contribution in [0.3, 0.4) is 0 Å². The SMILES string of the molecule is CSCCC(NC(=O)c1ccco1)C(=O)N1CCN(c2ccncc2)CC1. The molecule has 8 heteroatoms. The van der Waals surface area contributed by atoms with Gasteiger partial charge in [-0.3, -0.25) is 14.6 Å². The van der Waals surface area contributed by atoms with Crippen molar-refractivity contribution in [2.75, 3.05) is 43.1 Å². The Hall–Kier alpha value is -2.48. The molecule has 1 N–H and O–H groups in total.